The Morgan fingerprint density at radius 3 is 1.84 bits per heavy atom. The zero-order valence-electron chi connectivity index (χ0n) is 13.5. The van der Waals surface area contributed by atoms with Crippen LogP contribution in [-0.4, -0.2) is 5.91 Å². The van der Waals surface area contributed by atoms with Crippen LogP contribution in [0.25, 0.3) is 0 Å². The molecule has 1 unspecified atom stereocenters. The quantitative estimate of drug-likeness (QED) is 0.460. The van der Waals surface area contributed by atoms with Crippen LogP contribution < -0.4 is 5.32 Å². The number of hydrogen-bond acceptors (Lipinski definition) is 1. The second-order valence-corrected chi connectivity index (χ2v) is 6.01. The van der Waals surface area contributed by atoms with Crippen LogP contribution in [0.1, 0.15) is 42.2 Å². The first-order chi connectivity index (χ1) is 11.7. The molecule has 2 aromatic rings. The lowest BCUT2D eigenvalue weighted by atomic mass is 9.96. The second kappa shape index (κ2) is 7.63. The Hall–Kier alpha value is -2.44. The maximum atomic E-state index is 13.8. The third-order valence-electron chi connectivity index (χ3n) is 3.65. The number of carbonyl (C=O) groups is 1. The number of rotatable bonds is 5. The summed E-state index contributed by atoms with van der Waals surface area (Å²) in [6.07, 6.45) is 0.422. The van der Waals surface area contributed by atoms with E-state index in [0.717, 1.165) is 0 Å². The molecule has 0 fully saturated rings. The van der Waals surface area contributed by atoms with Gasteiger partial charge >= 0.3 is 0 Å². The molecule has 0 radical (unpaired) electrons. The molecule has 1 atom stereocenters. The molecular formula is C18H16F5NO. The summed E-state index contributed by atoms with van der Waals surface area (Å²) < 4.78 is 67.3. The van der Waals surface area contributed by atoms with E-state index < -0.39 is 46.6 Å². The van der Waals surface area contributed by atoms with E-state index in [1.165, 1.54) is 0 Å². The zero-order valence-corrected chi connectivity index (χ0v) is 13.5. The molecular weight excluding hydrogens is 341 g/mol. The van der Waals surface area contributed by atoms with Gasteiger partial charge in [0.1, 0.15) is 5.56 Å². The van der Waals surface area contributed by atoms with Crippen molar-refractivity contribution in [1.82, 2.24) is 5.32 Å². The summed E-state index contributed by atoms with van der Waals surface area (Å²) in [6.45, 7) is 3.75. The van der Waals surface area contributed by atoms with E-state index >= 15 is 0 Å². The Morgan fingerprint density at radius 1 is 0.880 bits per heavy atom. The average Bonchev–Trinajstić information content (AvgIpc) is 2.58. The van der Waals surface area contributed by atoms with Gasteiger partial charge in [0.05, 0.1) is 6.04 Å². The number of hydrogen-bond donors (Lipinski definition) is 1. The first kappa shape index (κ1) is 18.9. The van der Waals surface area contributed by atoms with Gasteiger partial charge in [-0.25, -0.2) is 22.0 Å². The SMILES string of the molecule is CC(C)CC(NC(=O)c1c(F)c(F)c(F)c(F)c1F)c1ccccc1. The third kappa shape index (κ3) is 3.97. The van der Waals surface area contributed by atoms with Crippen molar-refractivity contribution in [3.63, 3.8) is 0 Å². The highest BCUT2D eigenvalue weighted by molar-refractivity contribution is 5.95. The molecule has 0 bridgehead atoms. The van der Waals surface area contributed by atoms with E-state index in [9.17, 15) is 26.7 Å². The van der Waals surface area contributed by atoms with E-state index in [1.54, 1.807) is 30.3 Å². The van der Waals surface area contributed by atoms with Crippen molar-refractivity contribution in [3.8, 4) is 0 Å². The molecule has 7 heteroatoms. The second-order valence-electron chi connectivity index (χ2n) is 6.01. The Morgan fingerprint density at radius 2 is 1.36 bits per heavy atom. The van der Waals surface area contributed by atoms with Crippen molar-refractivity contribution >= 4 is 5.91 Å². The molecule has 0 aromatic heterocycles. The van der Waals surface area contributed by atoms with Gasteiger partial charge in [0.2, 0.25) is 5.82 Å². The highest BCUT2D eigenvalue weighted by Crippen LogP contribution is 2.26. The minimum absolute atomic E-state index is 0.113. The normalized spacial score (nSPS) is 12.3. The number of amides is 1. The van der Waals surface area contributed by atoms with Gasteiger partial charge in [-0.05, 0) is 17.9 Å². The molecule has 0 spiro atoms. The van der Waals surface area contributed by atoms with Crippen LogP contribution in [-0.2, 0) is 0 Å². The van der Waals surface area contributed by atoms with Gasteiger partial charge in [-0.15, -0.1) is 0 Å². The number of carbonyl (C=O) groups excluding carboxylic acids is 1. The summed E-state index contributed by atoms with van der Waals surface area (Å²) in [4.78, 5) is 12.2. The third-order valence-corrected chi connectivity index (χ3v) is 3.65. The van der Waals surface area contributed by atoms with E-state index in [0.29, 0.717) is 12.0 Å². The lowest BCUT2D eigenvalue weighted by molar-refractivity contribution is 0.0920. The largest absolute Gasteiger partial charge is 0.345 e. The molecule has 2 nitrogen and oxygen atoms in total. The van der Waals surface area contributed by atoms with Crippen molar-refractivity contribution in [1.29, 1.82) is 0 Å². The first-order valence-electron chi connectivity index (χ1n) is 7.61. The fourth-order valence-electron chi connectivity index (χ4n) is 2.47. The topological polar surface area (TPSA) is 29.1 Å². The molecule has 0 aliphatic rings. The van der Waals surface area contributed by atoms with Gasteiger partial charge in [-0.3, -0.25) is 4.79 Å². The molecule has 0 aliphatic heterocycles. The number of benzene rings is 2. The van der Waals surface area contributed by atoms with Crippen molar-refractivity contribution in [2.45, 2.75) is 26.3 Å². The number of nitrogens with one attached hydrogen (secondary N) is 1. The fourth-order valence-corrected chi connectivity index (χ4v) is 2.47. The van der Waals surface area contributed by atoms with E-state index in [-0.39, 0.29) is 5.92 Å². The fraction of sp³-hybridized carbons (Fsp3) is 0.278. The molecule has 0 saturated carbocycles. The van der Waals surface area contributed by atoms with E-state index in [1.807, 2.05) is 13.8 Å². The van der Waals surface area contributed by atoms with Crippen molar-refractivity contribution < 1.29 is 26.7 Å². The van der Waals surface area contributed by atoms with Gasteiger partial charge in [-0.2, -0.15) is 0 Å². The van der Waals surface area contributed by atoms with Gasteiger partial charge < -0.3 is 5.32 Å². The summed E-state index contributed by atoms with van der Waals surface area (Å²) in [5.74, 6) is -12.1. The van der Waals surface area contributed by atoms with Crippen molar-refractivity contribution in [2.24, 2.45) is 5.92 Å². The van der Waals surface area contributed by atoms with Crippen LogP contribution in [0.15, 0.2) is 30.3 Å². The van der Waals surface area contributed by atoms with Gasteiger partial charge in [-0.1, -0.05) is 44.2 Å². The summed E-state index contributed by atoms with van der Waals surface area (Å²) in [5.41, 5.74) is -0.825. The average molecular weight is 357 g/mol. The summed E-state index contributed by atoms with van der Waals surface area (Å²) in [5, 5.41) is 2.36. The van der Waals surface area contributed by atoms with Crippen LogP contribution in [0.2, 0.25) is 0 Å². The van der Waals surface area contributed by atoms with Crippen LogP contribution in [0.5, 0.6) is 0 Å². The Kier molecular flexibility index (Phi) is 5.77. The van der Waals surface area contributed by atoms with Crippen molar-refractivity contribution in [2.75, 3.05) is 0 Å². The summed E-state index contributed by atoms with van der Waals surface area (Å²) in [6, 6.07) is 7.95. The maximum Gasteiger partial charge on any atom is 0.257 e. The molecule has 1 amide bonds. The van der Waals surface area contributed by atoms with E-state index in [4.69, 9.17) is 0 Å². The lowest BCUT2D eigenvalue weighted by Crippen LogP contribution is -2.31. The van der Waals surface area contributed by atoms with Crippen LogP contribution in [0.4, 0.5) is 22.0 Å². The van der Waals surface area contributed by atoms with Crippen LogP contribution in [0.3, 0.4) is 0 Å². The predicted molar refractivity (Wildman–Crippen MR) is 82.3 cm³/mol. The Bertz CT molecular complexity index is 748. The molecule has 1 N–H and O–H groups in total. The maximum absolute atomic E-state index is 13.8. The standard InChI is InChI=1S/C18H16F5NO/c1-9(2)8-11(10-6-4-3-5-7-10)24-18(25)12-13(19)15(21)17(23)16(22)14(12)20/h3-7,9,11H,8H2,1-2H3,(H,24,25). The summed E-state index contributed by atoms with van der Waals surface area (Å²) in [7, 11) is 0. The minimum Gasteiger partial charge on any atom is -0.345 e. The van der Waals surface area contributed by atoms with Gasteiger partial charge in [0, 0.05) is 0 Å². The van der Waals surface area contributed by atoms with Gasteiger partial charge in [0.15, 0.2) is 23.3 Å². The zero-order chi connectivity index (χ0) is 18.7. The van der Waals surface area contributed by atoms with Gasteiger partial charge in [0.25, 0.3) is 5.91 Å². The molecule has 2 rings (SSSR count). The molecule has 0 saturated heterocycles. The molecule has 0 aliphatic carbocycles. The lowest BCUT2D eigenvalue weighted by Gasteiger charge is -2.21. The molecule has 134 valence electrons. The minimum atomic E-state index is -2.30. The smallest absolute Gasteiger partial charge is 0.257 e. The monoisotopic (exact) mass is 357 g/mol. The highest BCUT2D eigenvalue weighted by Gasteiger charge is 2.30. The van der Waals surface area contributed by atoms with Crippen LogP contribution >= 0.6 is 0 Å². The Labute approximate surface area is 141 Å². The summed E-state index contributed by atoms with van der Waals surface area (Å²) >= 11 is 0. The first-order valence-corrected chi connectivity index (χ1v) is 7.61. The van der Waals surface area contributed by atoms with E-state index in [2.05, 4.69) is 5.32 Å². The van der Waals surface area contributed by atoms with Crippen LogP contribution in [0, 0.1) is 35.0 Å². The number of halogens is 5. The molecule has 2 aromatic carbocycles. The van der Waals surface area contributed by atoms with Crippen molar-refractivity contribution in [3.05, 3.63) is 70.5 Å². The Balaban J connectivity index is 2.40. The molecule has 0 heterocycles. The molecule has 25 heavy (non-hydrogen) atoms. The predicted octanol–water partition coefficient (Wildman–Crippen LogP) is 4.90. The highest BCUT2D eigenvalue weighted by atomic mass is 19.2.